The number of carbonyl (C=O) groups is 1. The zero-order chi connectivity index (χ0) is 13.4. The highest BCUT2D eigenvalue weighted by molar-refractivity contribution is 9.09. The van der Waals surface area contributed by atoms with Gasteiger partial charge < -0.3 is 10.1 Å². The molecule has 0 saturated carbocycles. The number of nitro groups is 1. The van der Waals surface area contributed by atoms with E-state index in [1.54, 1.807) is 6.07 Å². The van der Waals surface area contributed by atoms with E-state index < -0.39 is 10.8 Å². The Labute approximate surface area is 113 Å². The SMILES string of the molecule is O=C(NCCOCCBr)c1ccccc1[N+](=O)[O-]. The number of rotatable bonds is 7. The lowest BCUT2D eigenvalue weighted by atomic mass is 10.1. The Morgan fingerprint density at radius 3 is 2.78 bits per heavy atom. The smallest absolute Gasteiger partial charge is 0.282 e. The summed E-state index contributed by atoms with van der Waals surface area (Å²) in [7, 11) is 0. The molecule has 1 rings (SSSR count). The highest BCUT2D eigenvalue weighted by Crippen LogP contribution is 2.16. The minimum absolute atomic E-state index is 0.0583. The molecule has 0 saturated heterocycles. The lowest BCUT2D eigenvalue weighted by Gasteiger charge is -2.05. The van der Waals surface area contributed by atoms with Gasteiger partial charge in [-0.3, -0.25) is 14.9 Å². The third-order valence-electron chi connectivity index (χ3n) is 2.10. The molecule has 0 aliphatic rings. The van der Waals surface area contributed by atoms with Crippen LogP contribution in [0.4, 0.5) is 5.69 Å². The second-order valence-electron chi connectivity index (χ2n) is 3.33. The first-order valence-corrected chi connectivity index (χ1v) is 6.44. The van der Waals surface area contributed by atoms with Gasteiger partial charge in [0.2, 0.25) is 0 Å². The van der Waals surface area contributed by atoms with Gasteiger partial charge in [-0.05, 0) is 6.07 Å². The zero-order valence-corrected chi connectivity index (χ0v) is 11.2. The van der Waals surface area contributed by atoms with Gasteiger partial charge in [0.15, 0.2) is 0 Å². The van der Waals surface area contributed by atoms with Crippen LogP contribution in [0.5, 0.6) is 0 Å². The van der Waals surface area contributed by atoms with Crippen molar-refractivity contribution in [1.82, 2.24) is 5.32 Å². The molecule has 0 aliphatic heterocycles. The van der Waals surface area contributed by atoms with Crippen LogP contribution in [0.15, 0.2) is 24.3 Å². The number of hydrogen-bond donors (Lipinski definition) is 1. The molecule has 7 heteroatoms. The highest BCUT2D eigenvalue weighted by Gasteiger charge is 2.18. The first-order chi connectivity index (χ1) is 8.66. The molecule has 0 radical (unpaired) electrons. The van der Waals surface area contributed by atoms with Gasteiger partial charge in [0.25, 0.3) is 11.6 Å². The molecular weight excluding hydrogens is 304 g/mol. The molecule has 0 heterocycles. The van der Waals surface area contributed by atoms with E-state index in [0.29, 0.717) is 19.8 Å². The van der Waals surface area contributed by atoms with E-state index in [-0.39, 0.29) is 11.3 Å². The van der Waals surface area contributed by atoms with Crippen molar-refractivity contribution in [2.75, 3.05) is 25.1 Å². The number of para-hydroxylation sites is 1. The van der Waals surface area contributed by atoms with Gasteiger partial charge in [-0.1, -0.05) is 28.1 Å². The predicted octanol–water partition coefficient (Wildman–Crippen LogP) is 1.74. The van der Waals surface area contributed by atoms with Gasteiger partial charge >= 0.3 is 0 Å². The Bertz CT molecular complexity index is 425. The van der Waals surface area contributed by atoms with Crippen LogP contribution in [0.2, 0.25) is 0 Å². The molecular formula is C11H13BrN2O4. The summed E-state index contributed by atoms with van der Waals surface area (Å²) in [6, 6.07) is 5.83. The van der Waals surface area contributed by atoms with Gasteiger partial charge in [0, 0.05) is 17.9 Å². The van der Waals surface area contributed by atoms with Crippen molar-refractivity contribution < 1.29 is 14.5 Å². The Hall–Kier alpha value is -1.47. The summed E-state index contributed by atoms with van der Waals surface area (Å²) < 4.78 is 5.15. The van der Waals surface area contributed by atoms with Crippen LogP contribution in [0.1, 0.15) is 10.4 Å². The number of ether oxygens (including phenoxy) is 1. The molecule has 1 aromatic carbocycles. The van der Waals surface area contributed by atoms with Crippen molar-refractivity contribution in [3.8, 4) is 0 Å². The molecule has 18 heavy (non-hydrogen) atoms. The molecule has 0 unspecified atom stereocenters. The Balaban J connectivity index is 2.54. The largest absolute Gasteiger partial charge is 0.379 e. The van der Waals surface area contributed by atoms with Crippen LogP contribution in [0.3, 0.4) is 0 Å². The minimum Gasteiger partial charge on any atom is -0.379 e. The van der Waals surface area contributed by atoms with Crippen LogP contribution in [-0.4, -0.2) is 35.9 Å². The summed E-state index contributed by atoms with van der Waals surface area (Å²) in [6.45, 7) is 1.25. The van der Waals surface area contributed by atoms with Crippen molar-refractivity contribution in [3.63, 3.8) is 0 Å². The van der Waals surface area contributed by atoms with Gasteiger partial charge in [-0.2, -0.15) is 0 Å². The molecule has 0 aromatic heterocycles. The molecule has 0 atom stereocenters. The van der Waals surface area contributed by atoms with Gasteiger partial charge in [0.05, 0.1) is 18.1 Å². The normalized spacial score (nSPS) is 10.1. The average Bonchev–Trinajstić information content (AvgIpc) is 2.38. The summed E-state index contributed by atoms with van der Waals surface area (Å²) in [5, 5.41) is 14.0. The van der Waals surface area contributed by atoms with E-state index in [4.69, 9.17) is 4.74 Å². The van der Waals surface area contributed by atoms with Crippen molar-refractivity contribution in [2.24, 2.45) is 0 Å². The lowest BCUT2D eigenvalue weighted by molar-refractivity contribution is -0.385. The molecule has 0 fully saturated rings. The molecule has 0 aliphatic carbocycles. The standard InChI is InChI=1S/C11H13BrN2O4/c12-5-7-18-8-6-13-11(15)9-3-1-2-4-10(9)14(16)17/h1-4H,5-8H2,(H,13,15). The van der Waals surface area contributed by atoms with Crippen molar-refractivity contribution in [2.45, 2.75) is 0 Å². The average molecular weight is 317 g/mol. The number of hydrogen-bond acceptors (Lipinski definition) is 4. The second kappa shape index (κ2) is 7.78. The number of nitrogens with zero attached hydrogens (tertiary/aromatic N) is 1. The maximum absolute atomic E-state index is 11.7. The number of amides is 1. The quantitative estimate of drug-likeness (QED) is 0.359. The molecule has 1 aromatic rings. The van der Waals surface area contributed by atoms with E-state index in [2.05, 4.69) is 21.2 Å². The van der Waals surface area contributed by atoms with Crippen LogP contribution in [0, 0.1) is 10.1 Å². The molecule has 98 valence electrons. The third kappa shape index (κ3) is 4.42. The molecule has 0 spiro atoms. The number of nitro benzene ring substituents is 1. The Kier molecular flexibility index (Phi) is 6.31. The van der Waals surface area contributed by atoms with Crippen LogP contribution in [0.25, 0.3) is 0 Å². The van der Waals surface area contributed by atoms with E-state index in [9.17, 15) is 14.9 Å². The number of alkyl halides is 1. The minimum atomic E-state index is -0.573. The monoisotopic (exact) mass is 316 g/mol. The Morgan fingerprint density at radius 2 is 2.11 bits per heavy atom. The van der Waals surface area contributed by atoms with Crippen LogP contribution in [-0.2, 0) is 4.74 Å². The van der Waals surface area contributed by atoms with Gasteiger partial charge in [0.1, 0.15) is 5.56 Å². The fourth-order valence-corrected chi connectivity index (χ4v) is 1.54. The number of halogens is 1. The number of nitrogens with one attached hydrogen (secondary N) is 1. The Morgan fingerprint density at radius 1 is 1.39 bits per heavy atom. The maximum atomic E-state index is 11.7. The van der Waals surface area contributed by atoms with Crippen molar-refractivity contribution >= 4 is 27.5 Å². The fraction of sp³-hybridized carbons (Fsp3) is 0.364. The summed E-state index contributed by atoms with van der Waals surface area (Å²) >= 11 is 3.21. The van der Waals surface area contributed by atoms with Crippen molar-refractivity contribution in [3.05, 3.63) is 39.9 Å². The van der Waals surface area contributed by atoms with Gasteiger partial charge in [-0.25, -0.2) is 0 Å². The van der Waals surface area contributed by atoms with Crippen LogP contribution >= 0.6 is 15.9 Å². The zero-order valence-electron chi connectivity index (χ0n) is 9.60. The summed E-state index contributed by atoms with van der Waals surface area (Å²) in [4.78, 5) is 21.9. The molecule has 0 bridgehead atoms. The number of benzene rings is 1. The third-order valence-corrected chi connectivity index (χ3v) is 2.42. The lowest BCUT2D eigenvalue weighted by Crippen LogP contribution is -2.28. The summed E-state index contributed by atoms with van der Waals surface area (Å²) in [5.41, 5.74) is -0.139. The van der Waals surface area contributed by atoms with Gasteiger partial charge in [-0.15, -0.1) is 0 Å². The van der Waals surface area contributed by atoms with E-state index in [1.165, 1.54) is 18.2 Å². The van der Waals surface area contributed by atoms with E-state index in [1.807, 2.05) is 0 Å². The predicted molar refractivity (Wildman–Crippen MR) is 70.0 cm³/mol. The van der Waals surface area contributed by atoms with Crippen LogP contribution < -0.4 is 5.32 Å². The maximum Gasteiger partial charge on any atom is 0.282 e. The fourth-order valence-electron chi connectivity index (χ4n) is 1.31. The highest BCUT2D eigenvalue weighted by atomic mass is 79.9. The summed E-state index contributed by atoms with van der Waals surface area (Å²) in [6.07, 6.45) is 0. The topological polar surface area (TPSA) is 81.5 Å². The molecule has 1 amide bonds. The second-order valence-corrected chi connectivity index (χ2v) is 4.12. The first-order valence-electron chi connectivity index (χ1n) is 5.32. The molecule has 1 N–H and O–H groups in total. The molecule has 6 nitrogen and oxygen atoms in total. The first kappa shape index (κ1) is 14.6. The number of carbonyl (C=O) groups excluding carboxylic acids is 1. The van der Waals surface area contributed by atoms with E-state index >= 15 is 0 Å². The van der Waals surface area contributed by atoms with Crippen molar-refractivity contribution in [1.29, 1.82) is 0 Å². The van der Waals surface area contributed by atoms with E-state index in [0.717, 1.165) is 5.33 Å². The summed E-state index contributed by atoms with van der Waals surface area (Å²) in [5.74, 6) is -0.468.